The fourth-order valence-electron chi connectivity index (χ4n) is 8.29. The van der Waals surface area contributed by atoms with Crippen molar-refractivity contribution < 1.29 is 33.5 Å². The highest BCUT2D eigenvalue weighted by molar-refractivity contribution is 6.37. The predicted octanol–water partition coefficient (Wildman–Crippen LogP) is 4.01. The number of carbonyl (C=O) groups excluding carboxylic acids is 6. The third kappa shape index (κ3) is 9.42. The van der Waals surface area contributed by atoms with Crippen molar-refractivity contribution >= 4 is 35.5 Å². The van der Waals surface area contributed by atoms with Gasteiger partial charge in [0.1, 0.15) is 18.7 Å². The van der Waals surface area contributed by atoms with Gasteiger partial charge in [0.05, 0.1) is 17.1 Å². The summed E-state index contributed by atoms with van der Waals surface area (Å²) >= 11 is 0. The smallest absolute Gasteiger partial charge is 0.338 e. The molecule has 0 aromatic heterocycles. The van der Waals surface area contributed by atoms with Gasteiger partial charge in [0.2, 0.25) is 17.6 Å². The molecule has 5 amide bonds. The van der Waals surface area contributed by atoms with Gasteiger partial charge in [-0.25, -0.2) is 9.59 Å². The minimum Gasteiger partial charge on any atom is -0.460 e. The molecule has 3 saturated carbocycles. The SMILES string of the molecule is CC(C)[C@H]1CCN(C(=O)[C@@H](NC(=O)NC2(COC(=O)c3ccccc3)CCCCC2)C2CCCCC2)[C@@H]1C(=O)NC(CC1CC1)C(=O)C(N)=O. The maximum atomic E-state index is 14.6. The number of rotatable bonds is 14. The van der Waals surface area contributed by atoms with Crippen LogP contribution in [0.5, 0.6) is 0 Å². The van der Waals surface area contributed by atoms with Crippen molar-refractivity contribution in [2.75, 3.05) is 13.2 Å². The number of Topliss-reactive ketones (excluding diaryl/α,β-unsaturated/α-hetero) is 1. The number of likely N-dealkylation sites (tertiary alicyclic amines) is 1. The summed E-state index contributed by atoms with van der Waals surface area (Å²) in [6.07, 6.45) is 11.3. The van der Waals surface area contributed by atoms with E-state index in [1.165, 1.54) is 0 Å². The molecule has 1 aliphatic heterocycles. The molecule has 0 radical (unpaired) electrons. The monoisotopic (exact) mass is 693 g/mol. The zero-order valence-electron chi connectivity index (χ0n) is 29.6. The van der Waals surface area contributed by atoms with Crippen molar-refractivity contribution in [3.63, 3.8) is 0 Å². The lowest BCUT2D eigenvalue weighted by molar-refractivity contribution is -0.144. The Morgan fingerprint density at radius 3 is 2.16 bits per heavy atom. The first-order valence-corrected chi connectivity index (χ1v) is 18.7. The Hall–Kier alpha value is -3.96. The van der Waals surface area contributed by atoms with Crippen LogP contribution in [0.15, 0.2) is 30.3 Å². The minimum absolute atomic E-state index is 0.0205. The van der Waals surface area contributed by atoms with Gasteiger partial charge in [0.25, 0.3) is 5.91 Å². The van der Waals surface area contributed by atoms with Gasteiger partial charge in [0, 0.05) is 6.54 Å². The molecular formula is C38H55N5O7. The Bertz CT molecular complexity index is 1380. The van der Waals surface area contributed by atoms with E-state index in [0.29, 0.717) is 37.8 Å². The predicted molar refractivity (Wildman–Crippen MR) is 186 cm³/mol. The average molecular weight is 694 g/mol. The van der Waals surface area contributed by atoms with E-state index in [-0.39, 0.29) is 36.2 Å². The Labute approximate surface area is 295 Å². The molecule has 12 heteroatoms. The average Bonchev–Trinajstić information content (AvgIpc) is 3.82. The number of benzene rings is 1. The third-order valence-electron chi connectivity index (χ3n) is 11.3. The summed E-state index contributed by atoms with van der Waals surface area (Å²) in [7, 11) is 0. The van der Waals surface area contributed by atoms with Crippen LogP contribution in [0, 0.1) is 23.7 Å². The second kappa shape index (κ2) is 16.8. The minimum atomic E-state index is -1.09. The molecule has 4 fully saturated rings. The third-order valence-corrected chi connectivity index (χ3v) is 11.3. The first kappa shape index (κ1) is 37.3. The Morgan fingerprint density at radius 2 is 1.54 bits per heavy atom. The van der Waals surface area contributed by atoms with Crippen LogP contribution in [-0.2, 0) is 23.9 Å². The van der Waals surface area contributed by atoms with Gasteiger partial charge in [-0.2, -0.15) is 0 Å². The summed E-state index contributed by atoms with van der Waals surface area (Å²) in [5.41, 5.74) is 5.01. The van der Waals surface area contributed by atoms with Crippen LogP contribution in [0.2, 0.25) is 0 Å². The van der Waals surface area contributed by atoms with E-state index in [1.807, 2.05) is 19.9 Å². The summed E-state index contributed by atoms with van der Waals surface area (Å²) in [4.78, 5) is 81.5. The maximum absolute atomic E-state index is 14.6. The van der Waals surface area contributed by atoms with Crippen molar-refractivity contribution in [1.82, 2.24) is 20.9 Å². The van der Waals surface area contributed by atoms with Crippen LogP contribution in [0.3, 0.4) is 0 Å². The summed E-state index contributed by atoms with van der Waals surface area (Å²) in [5, 5.41) is 8.98. The number of urea groups is 1. The molecule has 274 valence electrons. The van der Waals surface area contributed by atoms with E-state index >= 15 is 0 Å². The van der Waals surface area contributed by atoms with Crippen molar-refractivity contribution in [3.05, 3.63) is 35.9 Å². The molecule has 4 atom stereocenters. The fourth-order valence-corrected chi connectivity index (χ4v) is 8.29. The van der Waals surface area contributed by atoms with Crippen molar-refractivity contribution in [3.8, 4) is 0 Å². The van der Waals surface area contributed by atoms with Gasteiger partial charge in [-0.1, -0.05) is 83.4 Å². The highest BCUT2D eigenvalue weighted by Gasteiger charge is 2.48. The van der Waals surface area contributed by atoms with Crippen LogP contribution in [-0.4, -0.2) is 77.2 Å². The number of nitrogens with two attached hydrogens (primary N) is 1. The van der Waals surface area contributed by atoms with Gasteiger partial charge < -0.3 is 31.3 Å². The number of esters is 1. The zero-order chi connectivity index (χ0) is 35.8. The second-order valence-electron chi connectivity index (χ2n) is 15.4. The molecule has 5 N–H and O–H groups in total. The Balaban J connectivity index is 1.33. The molecule has 0 spiro atoms. The van der Waals surface area contributed by atoms with Crippen LogP contribution >= 0.6 is 0 Å². The number of nitrogens with zero attached hydrogens (tertiary/aromatic N) is 1. The lowest BCUT2D eigenvalue weighted by Crippen LogP contribution is -2.62. The van der Waals surface area contributed by atoms with Crippen LogP contribution < -0.4 is 21.7 Å². The molecule has 1 unspecified atom stereocenters. The van der Waals surface area contributed by atoms with E-state index in [0.717, 1.165) is 64.2 Å². The molecule has 1 aromatic carbocycles. The number of nitrogens with one attached hydrogen (secondary N) is 3. The summed E-state index contributed by atoms with van der Waals surface area (Å²) in [6, 6.07) is 5.50. The standard InChI is InChI=1S/C38H55N5O7/c1-24(2)28-18-21-43(31(28)34(46)40-29(22-25-16-17-25)32(44)33(39)45)35(47)30(26-12-6-3-7-13-26)41-37(49)42-38(19-10-5-11-20-38)23-50-36(48)27-14-8-4-9-15-27/h4,8-9,14-15,24-26,28-31H,3,5-7,10-13,16-23H2,1-2H3,(H2,39,45)(H,40,46)(H2,41,42,49)/t28-,29?,30+,31+/m1/s1. The Morgan fingerprint density at radius 1 is 0.880 bits per heavy atom. The number of hydrogen-bond donors (Lipinski definition) is 4. The first-order valence-electron chi connectivity index (χ1n) is 18.7. The van der Waals surface area contributed by atoms with Gasteiger partial charge in [-0.05, 0) is 74.3 Å². The molecule has 1 heterocycles. The van der Waals surface area contributed by atoms with E-state index in [4.69, 9.17) is 10.5 Å². The topological polar surface area (TPSA) is 177 Å². The van der Waals surface area contributed by atoms with E-state index in [9.17, 15) is 28.8 Å². The quantitative estimate of drug-likeness (QED) is 0.168. The lowest BCUT2D eigenvalue weighted by atomic mass is 9.82. The number of amides is 5. The van der Waals surface area contributed by atoms with Crippen LogP contribution in [0.1, 0.15) is 114 Å². The summed E-state index contributed by atoms with van der Waals surface area (Å²) in [6.45, 7) is 4.37. The van der Waals surface area contributed by atoms with Crippen LogP contribution in [0.4, 0.5) is 4.79 Å². The van der Waals surface area contributed by atoms with Crippen molar-refractivity contribution in [2.24, 2.45) is 29.4 Å². The molecule has 1 aromatic rings. The number of carbonyl (C=O) groups is 6. The van der Waals surface area contributed by atoms with Crippen LogP contribution in [0.25, 0.3) is 0 Å². The molecule has 5 rings (SSSR count). The summed E-state index contributed by atoms with van der Waals surface area (Å²) < 4.78 is 5.73. The van der Waals surface area contributed by atoms with E-state index < -0.39 is 53.3 Å². The Kier molecular flexibility index (Phi) is 12.6. The van der Waals surface area contributed by atoms with E-state index in [2.05, 4.69) is 16.0 Å². The molecule has 12 nitrogen and oxygen atoms in total. The largest absolute Gasteiger partial charge is 0.460 e. The molecule has 0 bridgehead atoms. The van der Waals surface area contributed by atoms with Gasteiger partial charge in [0.15, 0.2) is 0 Å². The van der Waals surface area contributed by atoms with Crippen molar-refractivity contribution in [1.29, 1.82) is 0 Å². The highest BCUT2D eigenvalue weighted by Crippen LogP contribution is 2.36. The molecule has 50 heavy (non-hydrogen) atoms. The van der Waals surface area contributed by atoms with Gasteiger partial charge in [-0.15, -0.1) is 0 Å². The molecule has 1 saturated heterocycles. The van der Waals surface area contributed by atoms with Crippen molar-refractivity contribution in [2.45, 2.75) is 127 Å². The van der Waals surface area contributed by atoms with Gasteiger partial charge in [-0.3, -0.25) is 19.2 Å². The molecule has 3 aliphatic carbocycles. The number of hydrogen-bond acceptors (Lipinski definition) is 7. The second-order valence-corrected chi connectivity index (χ2v) is 15.4. The summed E-state index contributed by atoms with van der Waals surface area (Å²) in [5.74, 6) is -3.13. The maximum Gasteiger partial charge on any atom is 0.338 e. The highest BCUT2D eigenvalue weighted by atomic mass is 16.5. The van der Waals surface area contributed by atoms with Gasteiger partial charge >= 0.3 is 12.0 Å². The first-order chi connectivity index (χ1) is 24.0. The number of primary amides is 1. The van der Waals surface area contributed by atoms with E-state index in [1.54, 1.807) is 29.2 Å². The fraction of sp³-hybridized carbons (Fsp3) is 0.684. The number of ketones is 1. The number of ether oxygens (including phenoxy) is 1. The zero-order valence-corrected chi connectivity index (χ0v) is 29.6. The molecular weight excluding hydrogens is 638 g/mol. The molecule has 4 aliphatic rings. The lowest BCUT2D eigenvalue weighted by Gasteiger charge is -2.39. The normalized spacial score (nSPS) is 23.4.